The van der Waals surface area contributed by atoms with Crippen molar-refractivity contribution in [1.82, 2.24) is 5.01 Å². The molecule has 0 aliphatic carbocycles. The molecule has 1 aromatic carbocycles. The lowest BCUT2D eigenvalue weighted by molar-refractivity contribution is 0.436. The summed E-state index contributed by atoms with van der Waals surface area (Å²) in [4.78, 5) is 1.91. The van der Waals surface area contributed by atoms with Gasteiger partial charge < -0.3 is 10.6 Å². The van der Waals surface area contributed by atoms with Crippen LogP contribution in [0.25, 0.3) is 0 Å². The molecule has 0 heterocycles. The molecule has 0 aromatic heterocycles. The molecule has 1 rings (SSSR count). The Bertz CT molecular complexity index is 381. The van der Waals surface area contributed by atoms with Crippen molar-refractivity contribution >= 4 is 24.1 Å². The van der Waals surface area contributed by atoms with E-state index in [-0.39, 0.29) is 12.4 Å². The SMILES string of the molecule is Cc1cccc(C)c1N(C)C(N)=NN(C)C.Cl. The Balaban J connectivity index is 0.00000256. The summed E-state index contributed by atoms with van der Waals surface area (Å²) >= 11 is 0. The smallest absolute Gasteiger partial charge is 0.218 e. The third kappa shape index (κ3) is 3.82. The van der Waals surface area contributed by atoms with Gasteiger partial charge >= 0.3 is 0 Å². The highest BCUT2D eigenvalue weighted by atomic mass is 35.5. The topological polar surface area (TPSA) is 44.9 Å². The molecule has 0 unspecified atom stereocenters. The van der Waals surface area contributed by atoms with Crippen molar-refractivity contribution in [1.29, 1.82) is 0 Å². The van der Waals surface area contributed by atoms with Gasteiger partial charge in [-0.3, -0.25) is 5.01 Å². The fourth-order valence-corrected chi connectivity index (χ4v) is 1.72. The van der Waals surface area contributed by atoms with E-state index in [1.807, 2.05) is 32.1 Å². The highest BCUT2D eigenvalue weighted by Gasteiger charge is 2.10. The van der Waals surface area contributed by atoms with Crippen molar-refractivity contribution in [2.75, 3.05) is 26.0 Å². The van der Waals surface area contributed by atoms with Crippen molar-refractivity contribution in [3.05, 3.63) is 29.3 Å². The van der Waals surface area contributed by atoms with Crippen LogP contribution in [-0.2, 0) is 0 Å². The lowest BCUT2D eigenvalue weighted by Crippen LogP contribution is -2.36. The molecule has 96 valence electrons. The van der Waals surface area contributed by atoms with E-state index in [1.54, 1.807) is 5.01 Å². The maximum absolute atomic E-state index is 5.92. The number of anilines is 1. The van der Waals surface area contributed by atoms with Gasteiger partial charge in [-0.05, 0) is 25.0 Å². The van der Waals surface area contributed by atoms with Gasteiger partial charge in [0.2, 0.25) is 5.96 Å². The number of hydrogen-bond donors (Lipinski definition) is 1. The molecular weight excluding hydrogens is 236 g/mol. The second kappa shape index (κ2) is 6.35. The monoisotopic (exact) mass is 256 g/mol. The van der Waals surface area contributed by atoms with Crippen LogP contribution < -0.4 is 10.6 Å². The zero-order chi connectivity index (χ0) is 12.3. The number of hydrazone groups is 1. The van der Waals surface area contributed by atoms with Crippen LogP contribution in [0, 0.1) is 13.8 Å². The molecule has 4 nitrogen and oxygen atoms in total. The lowest BCUT2D eigenvalue weighted by atomic mass is 10.1. The summed E-state index contributed by atoms with van der Waals surface area (Å²) in [5, 5.41) is 5.88. The summed E-state index contributed by atoms with van der Waals surface area (Å²) in [6.07, 6.45) is 0. The van der Waals surface area contributed by atoms with Gasteiger partial charge in [0.15, 0.2) is 0 Å². The van der Waals surface area contributed by atoms with Crippen molar-refractivity contribution in [3.8, 4) is 0 Å². The Hall–Kier alpha value is -1.42. The molecule has 0 aliphatic rings. The predicted octanol–water partition coefficient (Wildman–Crippen LogP) is 1.95. The van der Waals surface area contributed by atoms with Gasteiger partial charge in [-0.2, -0.15) is 0 Å². The highest BCUT2D eigenvalue weighted by Crippen LogP contribution is 2.22. The van der Waals surface area contributed by atoms with Crippen LogP contribution >= 0.6 is 12.4 Å². The van der Waals surface area contributed by atoms with Crippen LogP contribution in [0.2, 0.25) is 0 Å². The van der Waals surface area contributed by atoms with E-state index in [2.05, 4.69) is 31.1 Å². The largest absolute Gasteiger partial charge is 0.368 e. The molecule has 0 saturated heterocycles. The molecule has 17 heavy (non-hydrogen) atoms. The van der Waals surface area contributed by atoms with Crippen molar-refractivity contribution in [3.63, 3.8) is 0 Å². The minimum atomic E-state index is 0. The zero-order valence-corrected chi connectivity index (χ0v) is 11.9. The first-order valence-corrected chi connectivity index (χ1v) is 5.25. The molecule has 1 aromatic rings. The molecule has 0 aliphatic heterocycles. The third-order valence-electron chi connectivity index (χ3n) is 2.42. The van der Waals surface area contributed by atoms with Gasteiger partial charge in [-0.25, -0.2) is 0 Å². The van der Waals surface area contributed by atoms with Gasteiger partial charge in [-0.15, -0.1) is 17.5 Å². The van der Waals surface area contributed by atoms with Crippen LogP contribution in [0.3, 0.4) is 0 Å². The molecule has 5 heteroatoms. The van der Waals surface area contributed by atoms with Gasteiger partial charge in [-0.1, -0.05) is 18.2 Å². The number of nitrogens with two attached hydrogens (primary N) is 1. The van der Waals surface area contributed by atoms with Crippen LogP contribution in [0.1, 0.15) is 11.1 Å². The number of nitrogens with zero attached hydrogens (tertiary/aromatic N) is 3. The Labute approximate surface area is 109 Å². The first kappa shape index (κ1) is 15.6. The standard InChI is InChI=1S/C12H20N4.ClH/c1-9-7-6-8-10(2)11(9)16(5)12(13)14-15(3)4;/h6-8H,1-5H3,(H2,13,14);1H. The molecule has 0 spiro atoms. The third-order valence-corrected chi connectivity index (χ3v) is 2.42. The van der Waals surface area contributed by atoms with Gasteiger partial charge in [0, 0.05) is 26.8 Å². The van der Waals surface area contributed by atoms with Crippen LogP contribution in [0.15, 0.2) is 23.3 Å². The van der Waals surface area contributed by atoms with Gasteiger partial charge in [0.25, 0.3) is 0 Å². The highest BCUT2D eigenvalue weighted by molar-refractivity contribution is 5.95. The van der Waals surface area contributed by atoms with Crippen LogP contribution in [-0.4, -0.2) is 32.1 Å². The fraction of sp³-hybridized carbons (Fsp3) is 0.417. The molecule has 0 atom stereocenters. The van der Waals surface area contributed by atoms with Gasteiger partial charge in [0.05, 0.1) is 0 Å². The summed E-state index contributed by atoms with van der Waals surface area (Å²) in [6.45, 7) is 4.14. The number of aryl methyl sites for hydroxylation is 2. The number of benzene rings is 1. The number of halogens is 1. The number of hydrogen-bond acceptors (Lipinski definition) is 2. The van der Waals surface area contributed by atoms with Crippen molar-refractivity contribution in [2.45, 2.75) is 13.8 Å². The maximum Gasteiger partial charge on any atom is 0.218 e. The molecule has 0 amide bonds. The quantitative estimate of drug-likeness (QED) is 0.500. The summed E-state index contributed by atoms with van der Waals surface area (Å²) in [5.41, 5.74) is 9.43. The van der Waals surface area contributed by atoms with Crippen molar-refractivity contribution < 1.29 is 0 Å². The second-order valence-corrected chi connectivity index (χ2v) is 4.10. The van der Waals surface area contributed by atoms with Gasteiger partial charge in [0.1, 0.15) is 0 Å². The number of para-hydroxylation sites is 1. The maximum atomic E-state index is 5.92. The normalized spacial score (nSPS) is 10.8. The average molecular weight is 257 g/mol. The molecule has 2 N–H and O–H groups in total. The predicted molar refractivity (Wildman–Crippen MR) is 76.9 cm³/mol. The number of guanidine groups is 1. The van der Waals surface area contributed by atoms with E-state index < -0.39 is 0 Å². The van der Waals surface area contributed by atoms with E-state index in [4.69, 9.17) is 5.73 Å². The van der Waals surface area contributed by atoms with E-state index in [0.29, 0.717) is 5.96 Å². The summed E-state index contributed by atoms with van der Waals surface area (Å²) in [6, 6.07) is 6.19. The fourth-order valence-electron chi connectivity index (χ4n) is 1.72. The minimum absolute atomic E-state index is 0. The molecule has 0 fully saturated rings. The zero-order valence-electron chi connectivity index (χ0n) is 11.1. The lowest BCUT2D eigenvalue weighted by Gasteiger charge is -2.23. The Morgan fingerprint density at radius 1 is 1.12 bits per heavy atom. The van der Waals surface area contributed by atoms with Crippen LogP contribution in [0.4, 0.5) is 5.69 Å². The Morgan fingerprint density at radius 3 is 2.00 bits per heavy atom. The van der Waals surface area contributed by atoms with E-state index >= 15 is 0 Å². The second-order valence-electron chi connectivity index (χ2n) is 4.10. The first-order valence-electron chi connectivity index (χ1n) is 5.25. The minimum Gasteiger partial charge on any atom is -0.368 e. The summed E-state index contributed by atoms with van der Waals surface area (Å²) in [5.74, 6) is 0.488. The molecule has 0 bridgehead atoms. The van der Waals surface area contributed by atoms with E-state index in [9.17, 15) is 0 Å². The summed E-state index contributed by atoms with van der Waals surface area (Å²) < 4.78 is 0. The van der Waals surface area contributed by atoms with Crippen LogP contribution in [0.5, 0.6) is 0 Å². The average Bonchev–Trinajstić information content (AvgIpc) is 2.16. The number of rotatable bonds is 2. The molecular formula is C12H21ClN4. The van der Waals surface area contributed by atoms with Crippen molar-refractivity contribution in [2.24, 2.45) is 10.8 Å². The molecule has 0 radical (unpaired) electrons. The first-order chi connectivity index (χ1) is 7.43. The summed E-state index contributed by atoms with van der Waals surface area (Å²) in [7, 11) is 5.63. The van der Waals surface area contributed by atoms with E-state index in [0.717, 1.165) is 5.69 Å². The Kier molecular flexibility index (Phi) is 5.82. The van der Waals surface area contributed by atoms with E-state index in [1.165, 1.54) is 11.1 Å². The molecule has 0 saturated carbocycles. The Morgan fingerprint density at radius 2 is 1.59 bits per heavy atom.